The molecule has 1 aromatic carbocycles. The van der Waals surface area contributed by atoms with E-state index in [9.17, 15) is 4.79 Å². The van der Waals surface area contributed by atoms with Gasteiger partial charge >= 0.3 is 5.97 Å². The number of hydrogen-bond acceptors (Lipinski definition) is 3. The minimum atomic E-state index is -0.872. The molecular formula is C10H8N2O2. The van der Waals surface area contributed by atoms with Crippen LogP contribution >= 0.6 is 0 Å². The topological polar surface area (TPSA) is 85.2 Å². The average molecular weight is 188 g/mol. The zero-order valence-corrected chi connectivity index (χ0v) is 7.32. The fraction of sp³-hybridized carbons (Fsp3) is 0. The second-order valence-electron chi connectivity index (χ2n) is 3.03. The summed E-state index contributed by atoms with van der Waals surface area (Å²) in [4.78, 5) is 14.8. The van der Waals surface area contributed by atoms with Crippen molar-refractivity contribution in [3.05, 3.63) is 29.8 Å². The van der Waals surface area contributed by atoms with Gasteiger partial charge < -0.3 is 11.3 Å². The molecule has 4 nitrogen and oxygen atoms in total. The van der Waals surface area contributed by atoms with Crippen LogP contribution in [0.3, 0.4) is 0 Å². The summed E-state index contributed by atoms with van der Waals surface area (Å²) in [6.07, 6.45) is 0. The van der Waals surface area contributed by atoms with Gasteiger partial charge in [0, 0.05) is 10.9 Å². The van der Waals surface area contributed by atoms with Crippen molar-refractivity contribution in [3.63, 3.8) is 0 Å². The van der Waals surface area contributed by atoms with Crippen molar-refractivity contribution in [1.29, 1.82) is 0 Å². The second kappa shape index (κ2) is 2.52. The lowest BCUT2D eigenvalue weighted by Gasteiger charge is -1.85. The Morgan fingerprint density at radius 1 is 1.29 bits per heavy atom. The summed E-state index contributed by atoms with van der Waals surface area (Å²) in [7, 11) is 0. The Bertz CT molecular complexity index is 549. The van der Waals surface area contributed by atoms with Crippen LogP contribution in [-0.2, 0) is 0 Å². The molecular weight excluding hydrogens is 180 g/mol. The zero-order valence-electron chi connectivity index (χ0n) is 7.32. The van der Waals surface area contributed by atoms with Crippen LogP contribution in [0.5, 0.6) is 0 Å². The number of para-hydroxylation sites is 1. The number of carboxylic acid groups (broad SMARTS) is 1. The summed E-state index contributed by atoms with van der Waals surface area (Å²) in [5, 5.41) is 9.70. The van der Waals surface area contributed by atoms with Gasteiger partial charge in [-0.15, -0.1) is 0 Å². The van der Waals surface area contributed by atoms with Gasteiger partial charge in [-0.25, -0.2) is 9.78 Å². The third-order valence-electron chi connectivity index (χ3n) is 2.28. The number of benzene rings is 1. The zero-order chi connectivity index (χ0) is 9.00. The maximum Gasteiger partial charge on any atom is 0.338 e. The summed E-state index contributed by atoms with van der Waals surface area (Å²) in [6.45, 7) is 0. The Hall–Kier alpha value is -1.94. The van der Waals surface area contributed by atoms with Crippen molar-refractivity contribution < 1.29 is 9.90 Å². The molecule has 14 heavy (non-hydrogen) atoms. The molecule has 0 saturated carbocycles. The summed E-state index contributed by atoms with van der Waals surface area (Å²) in [5.41, 5.74) is 2.76. The number of rotatable bonds is 1. The molecule has 1 aliphatic carbocycles. The fourth-order valence-corrected chi connectivity index (χ4v) is 1.66. The van der Waals surface area contributed by atoms with E-state index in [-0.39, 0.29) is 6.15 Å². The molecule has 0 bridgehead atoms. The van der Waals surface area contributed by atoms with Crippen LogP contribution in [0, 0.1) is 0 Å². The molecule has 4 heteroatoms. The van der Waals surface area contributed by atoms with Crippen LogP contribution in [0.25, 0.3) is 22.2 Å². The number of aromatic carboxylic acids is 1. The first-order chi connectivity index (χ1) is 6.29. The summed E-state index contributed by atoms with van der Waals surface area (Å²) < 4.78 is 0. The van der Waals surface area contributed by atoms with Gasteiger partial charge in [-0.2, -0.15) is 0 Å². The average Bonchev–Trinajstić information content (AvgIpc) is 2.71. The van der Waals surface area contributed by atoms with Gasteiger partial charge in [0.25, 0.3) is 0 Å². The maximum atomic E-state index is 10.6. The number of carboxylic acids is 1. The molecule has 1 aromatic rings. The van der Waals surface area contributed by atoms with E-state index in [1.165, 1.54) is 0 Å². The SMILES string of the molecule is N.O=C(O)c1c2nc3ccccc3c1-2. The molecule has 2 aliphatic rings. The van der Waals surface area contributed by atoms with Crippen molar-refractivity contribution in [2.75, 3.05) is 0 Å². The van der Waals surface area contributed by atoms with E-state index in [1.807, 2.05) is 24.3 Å². The Morgan fingerprint density at radius 2 is 2.00 bits per heavy atom. The number of hydrogen-bond donors (Lipinski definition) is 2. The predicted molar refractivity (Wildman–Crippen MR) is 52.7 cm³/mol. The molecule has 0 atom stereocenters. The summed E-state index contributed by atoms with van der Waals surface area (Å²) >= 11 is 0. The molecule has 1 heterocycles. The molecule has 0 spiro atoms. The standard InChI is InChI=1S/C10H5NO2.H3N/c12-10(13)8-7-5-3-1-2-4-6(5)11-9(7)8;/h1-4H,(H,12,13);1H3. The van der Waals surface area contributed by atoms with Gasteiger partial charge in [-0.05, 0) is 6.07 Å². The molecule has 0 radical (unpaired) electrons. The molecule has 70 valence electrons. The Labute approximate surface area is 79.8 Å². The largest absolute Gasteiger partial charge is 0.478 e. The molecule has 0 saturated heterocycles. The Kier molecular flexibility index (Phi) is 1.56. The predicted octanol–water partition coefficient (Wildman–Crippen LogP) is 2.08. The van der Waals surface area contributed by atoms with Crippen molar-refractivity contribution >= 4 is 16.9 Å². The second-order valence-corrected chi connectivity index (χ2v) is 3.03. The lowest BCUT2D eigenvalue weighted by Crippen LogP contribution is -1.86. The van der Waals surface area contributed by atoms with E-state index in [0.717, 1.165) is 16.5 Å². The van der Waals surface area contributed by atoms with Crippen molar-refractivity contribution in [2.45, 2.75) is 0 Å². The fourth-order valence-electron chi connectivity index (χ4n) is 1.66. The normalized spacial score (nSPS) is 10.9. The van der Waals surface area contributed by atoms with E-state index in [2.05, 4.69) is 4.98 Å². The van der Waals surface area contributed by atoms with Gasteiger partial charge in [0.15, 0.2) is 0 Å². The Balaban J connectivity index is 0.000000750. The highest BCUT2D eigenvalue weighted by Crippen LogP contribution is 2.46. The molecule has 0 unspecified atom stereocenters. The minimum Gasteiger partial charge on any atom is -0.478 e. The first-order valence-electron chi connectivity index (χ1n) is 3.95. The Morgan fingerprint density at radius 3 is 2.71 bits per heavy atom. The maximum absolute atomic E-state index is 10.6. The van der Waals surface area contributed by atoms with Crippen LogP contribution in [0.15, 0.2) is 24.3 Å². The minimum absolute atomic E-state index is 0. The number of pyridine rings is 1. The molecule has 1 aliphatic heterocycles. The van der Waals surface area contributed by atoms with Crippen LogP contribution in [0.1, 0.15) is 10.4 Å². The smallest absolute Gasteiger partial charge is 0.338 e. The van der Waals surface area contributed by atoms with E-state index in [4.69, 9.17) is 5.11 Å². The molecule has 0 amide bonds. The lowest BCUT2D eigenvalue weighted by molar-refractivity contribution is 0.0703. The summed E-state index contributed by atoms with van der Waals surface area (Å²) in [5.74, 6) is -0.872. The van der Waals surface area contributed by atoms with E-state index in [0.29, 0.717) is 11.3 Å². The highest BCUT2D eigenvalue weighted by Gasteiger charge is 2.35. The highest BCUT2D eigenvalue weighted by atomic mass is 16.4. The number of nitrogens with zero attached hydrogens (tertiary/aromatic N) is 1. The molecule has 4 N–H and O–H groups in total. The summed E-state index contributed by atoms with van der Waals surface area (Å²) in [6, 6.07) is 7.58. The molecule has 0 aromatic heterocycles. The quantitative estimate of drug-likeness (QED) is 0.612. The highest BCUT2D eigenvalue weighted by molar-refractivity contribution is 6.21. The van der Waals surface area contributed by atoms with Crippen LogP contribution in [0.4, 0.5) is 0 Å². The number of aromatic nitrogens is 1. The van der Waals surface area contributed by atoms with Gasteiger partial charge in [0.2, 0.25) is 0 Å². The number of fused-ring (bicyclic) bond motifs is 3. The van der Waals surface area contributed by atoms with Gasteiger partial charge in [-0.1, -0.05) is 18.2 Å². The van der Waals surface area contributed by atoms with E-state index in [1.54, 1.807) is 0 Å². The van der Waals surface area contributed by atoms with Crippen LogP contribution in [-0.4, -0.2) is 16.1 Å². The first-order valence-corrected chi connectivity index (χ1v) is 3.95. The van der Waals surface area contributed by atoms with Gasteiger partial charge in [-0.3, -0.25) is 0 Å². The number of carbonyl (C=O) groups is 1. The van der Waals surface area contributed by atoms with E-state index < -0.39 is 5.97 Å². The molecule has 3 rings (SSSR count). The third-order valence-corrected chi connectivity index (χ3v) is 2.28. The van der Waals surface area contributed by atoms with Crippen molar-refractivity contribution in [3.8, 4) is 11.3 Å². The van der Waals surface area contributed by atoms with Gasteiger partial charge in [0.05, 0.1) is 16.8 Å². The third kappa shape index (κ3) is 0.856. The lowest BCUT2D eigenvalue weighted by atomic mass is 10.2. The van der Waals surface area contributed by atoms with Gasteiger partial charge in [0.1, 0.15) is 0 Å². The molecule has 0 fully saturated rings. The van der Waals surface area contributed by atoms with Crippen LogP contribution in [0.2, 0.25) is 0 Å². The van der Waals surface area contributed by atoms with Crippen molar-refractivity contribution in [2.24, 2.45) is 0 Å². The van der Waals surface area contributed by atoms with E-state index >= 15 is 0 Å². The monoisotopic (exact) mass is 188 g/mol. The first kappa shape index (κ1) is 8.65. The van der Waals surface area contributed by atoms with Crippen LogP contribution < -0.4 is 6.15 Å². The van der Waals surface area contributed by atoms with Crippen molar-refractivity contribution in [1.82, 2.24) is 11.1 Å².